The molecule has 2 amide bonds. The molecule has 5 nitrogen and oxygen atoms in total. The van der Waals surface area contributed by atoms with Crippen LogP contribution in [0.4, 0.5) is 0 Å². The summed E-state index contributed by atoms with van der Waals surface area (Å²) in [6, 6.07) is -0.786. The maximum atomic E-state index is 12.7. The van der Waals surface area contributed by atoms with Crippen molar-refractivity contribution in [2.45, 2.75) is 59.2 Å². The molecule has 1 aliphatic rings. The molecule has 1 fully saturated rings. The molecule has 0 bridgehead atoms. The molecular weight excluding hydrogens is 286 g/mol. The van der Waals surface area contributed by atoms with E-state index in [0.29, 0.717) is 25.3 Å². The van der Waals surface area contributed by atoms with Crippen LogP contribution < -0.4 is 5.32 Å². The summed E-state index contributed by atoms with van der Waals surface area (Å²) >= 11 is 1.58. The van der Waals surface area contributed by atoms with Gasteiger partial charge in [-0.05, 0) is 25.7 Å². The van der Waals surface area contributed by atoms with E-state index in [2.05, 4.69) is 24.1 Å². The van der Waals surface area contributed by atoms with Crippen LogP contribution in [-0.4, -0.2) is 33.8 Å². The SMILES string of the molecule is CCC1C(=O)NC(CC(C)C)C(=O)N1Cc1ncc(C)s1. The Kier molecular flexibility index (Phi) is 4.98. The lowest BCUT2D eigenvalue weighted by molar-refractivity contribution is -0.150. The summed E-state index contributed by atoms with van der Waals surface area (Å²) < 4.78 is 0. The molecule has 21 heavy (non-hydrogen) atoms. The predicted octanol–water partition coefficient (Wildman–Crippen LogP) is 2.10. The first-order valence-corrected chi connectivity index (χ1v) is 8.26. The number of piperazine rings is 1. The molecule has 1 aromatic rings. The average molecular weight is 309 g/mol. The Morgan fingerprint density at radius 3 is 2.67 bits per heavy atom. The quantitative estimate of drug-likeness (QED) is 0.906. The maximum absolute atomic E-state index is 12.7. The summed E-state index contributed by atoms with van der Waals surface area (Å²) in [4.78, 5) is 32.1. The van der Waals surface area contributed by atoms with Gasteiger partial charge in [-0.15, -0.1) is 11.3 Å². The summed E-state index contributed by atoms with van der Waals surface area (Å²) in [6.45, 7) is 8.46. The van der Waals surface area contributed by atoms with Gasteiger partial charge in [-0.1, -0.05) is 20.8 Å². The highest BCUT2D eigenvalue weighted by Crippen LogP contribution is 2.22. The second kappa shape index (κ2) is 6.56. The average Bonchev–Trinajstić information content (AvgIpc) is 2.80. The van der Waals surface area contributed by atoms with Gasteiger partial charge < -0.3 is 10.2 Å². The molecule has 0 spiro atoms. The van der Waals surface area contributed by atoms with E-state index in [-0.39, 0.29) is 17.9 Å². The monoisotopic (exact) mass is 309 g/mol. The number of thiazole rings is 1. The van der Waals surface area contributed by atoms with Crippen LogP contribution in [0.15, 0.2) is 6.20 Å². The van der Waals surface area contributed by atoms with Crippen LogP contribution >= 0.6 is 11.3 Å². The van der Waals surface area contributed by atoms with Crippen molar-refractivity contribution >= 4 is 23.2 Å². The minimum Gasteiger partial charge on any atom is -0.342 e. The predicted molar refractivity (Wildman–Crippen MR) is 82.9 cm³/mol. The second-order valence-corrected chi connectivity index (χ2v) is 7.26. The Morgan fingerprint density at radius 1 is 1.43 bits per heavy atom. The first-order valence-electron chi connectivity index (χ1n) is 7.44. The largest absolute Gasteiger partial charge is 0.342 e. The van der Waals surface area contributed by atoms with Crippen LogP contribution in [-0.2, 0) is 16.1 Å². The molecule has 0 radical (unpaired) electrons. The molecule has 0 aromatic carbocycles. The van der Waals surface area contributed by atoms with Crippen molar-refractivity contribution in [3.8, 4) is 0 Å². The number of amides is 2. The number of hydrogen-bond acceptors (Lipinski definition) is 4. The van der Waals surface area contributed by atoms with Gasteiger partial charge in [0, 0.05) is 11.1 Å². The van der Waals surface area contributed by atoms with Gasteiger partial charge in [-0.25, -0.2) is 4.98 Å². The molecule has 0 aliphatic carbocycles. The molecule has 2 unspecified atom stereocenters. The van der Waals surface area contributed by atoms with Gasteiger partial charge in [0.15, 0.2) is 0 Å². The van der Waals surface area contributed by atoms with Crippen LogP contribution in [0.3, 0.4) is 0 Å². The Labute approximate surface area is 129 Å². The normalized spacial score (nSPS) is 22.8. The van der Waals surface area contributed by atoms with Crippen LogP contribution in [0.5, 0.6) is 0 Å². The van der Waals surface area contributed by atoms with E-state index in [0.717, 1.165) is 9.88 Å². The fourth-order valence-electron chi connectivity index (χ4n) is 2.67. The van der Waals surface area contributed by atoms with E-state index < -0.39 is 6.04 Å². The second-order valence-electron chi connectivity index (χ2n) is 5.95. The lowest BCUT2D eigenvalue weighted by Crippen LogP contribution is -2.62. The topological polar surface area (TPSA) is 62.3 Å². The van der Waals surface area contributed by atoms with Crippen LogP contribution in [0.2, 0.25) is 0 Å². The molecule has 1 saturated heterocycles. The highest BCUT2D eigenvalue weighted by Gasteiger charge is 2.39. The smallest absolute Gasteiger partial charge is 0.246 e. The molecule has 2 heterocycles. The molecular formula is C15H23N3O2S. The number of aryl methyl sites for hydroxylation is 1. The van der Waals surface area contributed by atoms with Crippen molar-refractivity contribution in [3.63, 3.8) is 0 Å². The van der Waals surface area contributed by atoms with Gasteiger partial charge >= 0.3 is 0 Å². The van der Waals surface area contributed by atoms with Crippen LogP contribution in [0.1, 0.15) is 43.5 Å². The summed E-state index contributed by atoms with van der Waals surface area (Å²) in [5.41, 5.74) is 0. The Hall–Kier alpha value is -1.43. The van der Waals surface area contributed by atoms with Crippen molar-refractivity contribution in [2.24, 2.45) is 5.92 Å². The zero-order valence-corrected chi connectivity index (χ0v) is 13.9. The molecule has 6 heteroatoms. The number of rotatable bonds is 5. The molecule has 1 aliphatic heterocycles. The zero-order chi connectivity index (χ0) is 15.6. The number of nitrogens with zero attached hydrogens (tertiary/aromatic N) is 2. The molecule has 1 aromatic heterocycles. The van der Waals surface area contributed by atoms with Gasteiger partial charge in [-0.2, -0.15) is 0 Å². The molecule has 2 rings (SSSR count). The zero-order valence-electron chi connectivity index (χ0n) is 13.0. The van der Waals surface area contributed by atoms with E-state index in [9.17, 15) is 9.59 Å². The van der Waals surface area contributed by atoms with E-state index in [1.54, 1.807) is 22.4 Å². The maximum Gasteiger partial charge on any atom is 0.246 e. The number of nitrogens with one attached hydrogen (secondary N) is 1. The van der Waals surface area contributed by atoms with Crippen molar-refractivity contribution < 1.29 is 9.59 Å². The van der Waals surface area contributed by atoms with E-state index in [4.69, 9.17) is 0 Å². The third kappa shape index (κ3) is 3.61. The van der Waals surface area contributed by atoms with E-state index in [1.807, 2.05) is 13.8 Å². The van der Waals surface area contributed by atoms with Gasteiger partial charge in [0.25, 0.3) is 0 Å². The Morgan fingerprint density at radius 2 is 2.14 bits per heavy atom. The summed E-state index contributed by atoms with van der Waals surface area (Å²) in [6.07, 6.45) is 3.10. The third-order valence-electron chi connectivity index (χ3n) is 3.65. The highest BCUT2D eigenvalue weighted by molar-refractivity contribution is 7.11. The molecule has 1 N–H and O–H groups in total. The fourth-order valence-corrected chi connectivity index (χ4v) is 3.46. The van der Waals surface area contributed by atoms with Gasteiger partial charge in [0.1, 0.15) is 17.1 Å². The first kappa shape index (κ1) is 15.9. The molecule has 116 valence electrons. The molecule has 0 saturated carbocycles. The third-order valence-corrected chi connectivity index (χ3v) is 4.54. The Bertz CT molecular complexity index is 527. The van der Waals surface area contributed by atoms with E-state index >= 15 is 0 Å². The van der Waals surface area contributed by atoms with Crippen LogP contribution in [0, 0.1) is 12.8 Å². The van der Waals surface area contributed by atoms with Crippen molar-refractivity contribution in [1.29, 1.82) is 0 Å². The van der Waals surface area contributed by atoms with E-state index in [1.165, 1.54) is 0 Å². The summed E-state index contributed by atoms with van der Waals surface area (Å²) in [5, 5.41) is 3.76. The summed E-state index contributed by atoms with van der Waals surface area (Å²) in [7, 11) is 0. The van der Waals surface area contributed by atoms with Gasteiger partial charge in [0.2, 0.25) is 11.8 Å². The number of hydrogen-bond donors (Lipinski definition) is 1. The first-order chi connectivity index (χ1) is 9.92. The standard InChI is InChI=1S/C15H23N3O2S/c1-5-12-14(19)17-11(6-9(2)3)15(20)18(12)8-13-16-7-10(4)21-13/h7,9,11-12H,5-6,8H2,1-4H3,(H,17,19). The highest BCUT2D eigenvalue weighted by atomic mass is 32.1. The minimum absolute atomic E-state index is 0.0167. The van der Waals surface area contributed by atoms with Crippen molar-refractivity contribution in [1.82, 2.24) is 15.2 Å². The minimum atomic E-state index is -0.402. The van der Waals surface area contributed by atoms with Crippen molar-refractivity contribution in [3.05, 3.63) is 16.1 Å². The number of aromatic nitrogens is 1. The lowest BCUT2D eigenvalue weighted by atomic mass is 9.97. The fraction of sp³-hybridized carbons (Fsp3) is 0.667. The van der Waals surface area contributed by atoms with Gasteiger partial charge in [-0.3, -0.25) is 9.59 Å². The molecule has 2 atom stereocenters. The number of carbonyl (C=O) groups excluding carboxylic acids is 2. The van der Waals surface area contributed by atoms with Gasteiger partial charge in [0.05, 0.1) is 6.54 Å². The number of carbonyl (C=O) groups is 2. The summed E-state index contributed by atoms with van der Waals surface area (Å²) in [5.74, 6) is 0.334. The van der Waals surface area contributed by atoms with Crippen LogP contribution in [0.25, 0.3) is 0 Å². The Balaban J connectivity index is 2.19. The van der Waals surface area contributed by atoms with Crippen molar-refractivity contribution in [2.75, 3.05) is 0 Å². The lowest BCUT2D eigenvalue weighted by Gasteiger charge is -2.38.